The molecule has 0 radical (unpaired) electrons. The molecule has 1 heterocycles. The smallest absolute Gasteiger partial charge is 0.343 e. The molecule has 1 aromatic heterocycles. The number of fused-ring (bicyclic) bond motifs is 1. The van der Waals surface area contributed by atoms with Crippen molar-refractivity contribution in [1.29, 1.82) is 0 Å². The van der Waals surface area contributed by atoms with Gasteiger partial charge in [0.25, 0.3) is 0 Å². The van der Waals surface area contributed by atoms with Crippen LogP contribution in [0.3, 0.4) is 0 Å². The zero-order valence-corrected chi connectivity index (χ0v) is 11.9. The second-order valence-electron chi connectivity index (χ2n) is 4.20. The van der Waals surface area contributed by atoms with Gasteiger partial charge in [0.2, 0.25) is 5.43 Å². The van der Waals surface area contributed by atoms with E-state index in [-0.39, 0.29) is 28.3 Å². The van der Waals surface area contributed by atoms with Crippen LogP contribution < -0.4 is 5.43 Å². The quantitative estimate of drug-likeness (QED) is 0.884. The van der Waals surface area contributed by atoms with E-state index in [4.69, 9.17) is 16.3 Å². The number of pyridine rings is 1. The lowest BCUT2D eigenvalue weighted by Crippen LogP contribution is -2.20. The van der Waals surface area contributed by atoms with E-state index in [1.165, 1.54) is 18.3 Å². The third kappa shape index (κ3) is 2.36. The monoisotopic (exact) mass is 295 g/mol. The van der Waals surface area contributed by atoms with Gasteiger partial charge in [-0.25, -0.2) is 4.79 Å². The zero-order valence-electron chi connectivity index (χ0n) is 11.1. The van der Waals surface area contributed by atoms with Crippen molar-refractivity contribution in [2.24, 2.45) is 0 Å². The Bertz CT molecular complexity index is 736. The highest BCUT2D eigenvalue weighted by molar-refractivity contribution is 6.32. The topological polar surface area (TPSA) is 68.5 Å². The maximum atomic E-state index is 12.3. The Labute approximate surface area is 120 Å². The number of aromatic nitrogens is 1. The molecule has 6 heteroatoms. The molecule has 0 aliphatic rings. The number of hydrogen-bond donors (Lipinski definition) is 1. The van der Waals surface area contributed by atoms with Crippen molar-refractivity contribution in [3.8, 4) is 5.75 Å². The van der Waals surface area contributed by atoms with Crippen LogP contribution >= 0.6 is 11.6 Å². The SMILES string of the molecule is CCOC(=O)c1cn(CC)c2cc(Cl)c(O)cc2c1=O. The third-order valence-electron chi connectivity index (χ3n) is 2.98. The fraction of sp³-hybridized carbons (Fsp3) is 0.286. The summed E-state index contributed by atoms with van der Waals surface area (Å²) in [7, 11) is 0. The molecule has 0 fully saturated rings. The number of carbonyl (C=O) groups excluding carboxylic acids is 1. The average molecular weight is 296 g/mol. The molecule has 0 unspecified atom stereocenters. The van der Waals surface area contributed by atoms with E-state index in [2.05, 4.69) is 0 Å². The van der Waals surface area contributed by atoms with Crippen LogP contribution in [0.2, 0.25) is 5.02 Å². The number of esters is 1. The van der Waals surface area contributed by atoms with Crippen LogP contribution in [0.5, 0.6) is 5.75 Å². The first-order chi connectivity index (χ1) is 9.49. The predicted octanol–water partition coefficient (Wildman–Crippen LogP) is 2.56. The van der Waals surface area contributed by atoms with Gasteiger partial charge in [0.05, 0.1) is 22.5 Å². The Kier molecular flexibility index (Phi) is 3.99. The Hall–Kier alpha value is -2.01. The van der Waals surface area contributed by atoms with Crippen LogP contribution in [-0.2, 0) is 11.3 Å². The molecule has 0 aliphatic heterocycles. The van der Waals surface area contributed by atoms with Crippen molar-refractivity contribution in [2.75, 3.05) is 6.61 Å². The highest BCUT2D eigenvalue weighted by Crippen LogP contribution is 2.27. The summed E-state index contributed by atoms with van der Waals surface area (Å²) in [6, 6.07) is 2.78. The number of aromatic hydroxyl groups is 1. The van der Waals surface area contributed by atoms with E-state index < -0.39 is 11.4 Å². The van der Waals surface area contributed by atoms with Crippen molar-refractivity contribution >= 4 is 28.5 Å². The first-order valence-electron chi connectivity index (χ1n) is 6.22. The normalized spacial score (nSPS) is 10.8. The molecule has 5 nitrogen and oxygen atoms in total. The summed E-state index contributed by atoms with van der Waals surface area (Å²) >= 11 is 5.86. The second kappa shape index (κ2) is 5.54. The van der Waals surface area contributed by atoms with E-state index in [1.807, 2.05) is 6.92 Å². The molecule has 0 aliphatic carbocycles. The first kappa shape index (κ1) is 14.4. The average Bonchev–Trinajstić information content (AvgIpc) is 2.42. The van der Waals surface area contributed by atoms with Crippen LogP contribution in [0.25, 0.3) is 10.9 Å². The molecule has 1 aromatic carbocycles. The molecule has 0 saturated heterocycles. The molecule has 2 aromatic rings. The van der Waals surface area contributed by atoms with Gasteiger partial charge in [-0.3, -0.25) is 4.79 Å². The van der Waals surface area contributed by atoms with E-state index >= 15 is 0 Å². The Morgan fingerprint density at radius 2 is 2.10 bits per heavy atom. The van der Waals surface area contributed by atoms with E-state index in [0.717, 1.165) is 0 Å². The van der Waals surface area contributed by atoms with Crippen LogP contribution in [0.1, 0.15) is 24.2 Å². The molecule has 0 saturated carbocycles. The molecule has 106 valence electrons. The fourth-order valence-corrected chi connectivity index (χ4v) is 2.17. The largest absolute Gasteiger partial charge is 0.506 e. The highest BCUT2D eigenvalue weighted by atomic mass is 35.5. The van der Waals surface area contributed by atoms with Gasteiger partial charge in [-0.15, -0.1) is 0 Å². The lowest BCUT2D eigenvalue weighted by Gasteiger charge is -2.12. The number of hydrogen-bond acceptors (Lipinski definition) is 4. The Morgan fingerprint density at radius 3 is 2.70 bits per heavy atom. The van der Waals surface area contributed by atoms with Crippen molar-refractivity contribution in [2.45, 2.75) is 20.4 Å². The second-order valence-corrected chi connectivity index (χ2v) is 4.61. The van der Waals surface area contributed by atoms with Gasteiger partial charge in [0, 0.05) is 12.7 Å². The van der Waals surface area contributed by atoms with E-state index in [9.17, 15) is 14.7 Å². The van der Waals surface area contributed by atoms with Gasteiger partial charge in [-0.1, -0.05) is 11.6 Å². The fourth-order valence-electron chi connectivity index (χ4n) is 2.02. The minimum Gasteiger partial charge on any atom is -0.506 e. The summed E-state index contributed by atoms with van der Waals surface area (Å²) in [6.07, 6.45) is 1.45. The lowest BCUT2D eigenvalue weighted by atomic mass is 10.1. The molecule has 0 atom stereocenters. The number of halogens is 1. The van der Waals surface area contributed by atoms with Gasteiger partial charge in [-0.05, 0) is 26.0 Å². The van der Waals surface area contributed by atoms with Gasteiger partial charge in [0.1, 0.15) is 11.3 Å². The van der Waals surface area contributed by atoms with Crippen molar-refractivity contribution in [3.63, 3.8) is 0 Å². The minimum atomic E-state index is -0.670. The van der Waals surface area contributed by atoms with E-state index in [0.29, 0.717) is 12.1 Å². The van der Waals surface area contributed by atoms with Crippen LogP contribution in [0.15, 0.2) is 23.1 Å². The summed E-state index contributed by atoms with van der Waals surface area (Å²) in [5.41, 5.74) is 0.0337. The highest BCUT2D eigenvalue weighted by Gasteiger charge is 2.17. The summed E-state index contributed by atoms with van der Waals surface area (Å²) in [5, 5.41) is 10.0. The van der Waals surface area contributed by atoms with Crippen molar-refractivity contribution in [3.05, 3.63) is 39.1 Å². The molecule has 0 bridgehead atoms. The number of carbonyl (C=O) groups is 1. The molecular weight excluding hydrogens is 282 g/mol. The number of phenolic OH excluding ortho intramolecular Hbond substituents is 1. The zero-order chi connectivity index (χ0) is 14.9. The summed E-state index contributed by atoms with van der Waals surface area (Å²) in [6.45, 7) is 4.28. The number of aryl methyl sites for hydroxylation is 1. The standard InChI is InChI=1S/C14H14ClNO4/c1-3-16-7-9(14(19)20-4-2)13(18)8-5-12(17)10(15)6-11(8)16/h5-7,17H,3-4H2,1-2H3. The van der Waals surface area contributed by atoms with Crippen molar-refractivity contribution in [1.82, 2.24) is 4.57 Å². The Morgan fingerprint density at radius 1 is 1.40 bits per heavy atom. The van der Waals surface area contributed by atoms with Crippen LogP contribution in [0, 0.1) is 0 Å². The van der Waals surface area contributed by atoms with E-state index in [1.54, 1.807) is 11.5 Å². The number of ether oxygens (including phenoxy) is 1. The predicted molar refractivity (Wildman–Crippen MR) is 76.5 cm³/mol. The molecule has 0 spiro atoms. The minimum absolute atomic E-state index is 0.0528. The van der Waals surface area contributed by atoms with Gasteiger partial charge in [0.15, 0.2) is 0 Å². The Balaban J connectivity index is 2.81. The van der Waals surface area contributed by atoms with Gasteiger partial charge < -0.3 is 14.4 Å². The number of benzene rings is 1. The third-order valence-corrected chi connectivity index (χ3v) is 3.29. The number of phenols is 1. The van der Waals surface area contributed by atoms with Gasteiger partial charge >= 0.3 is 5.97 Å². The number of nitrogens with zero attached hydrogens (tertiary/aromatic N) is 1. The van der Waals surface area contributed by atoms with Crippen LogP contribution in [-0.4, -0.2) is 22.2 Å². The molecule has 2 rings (SSSR count). The summed E-state index contributed by atoms with van der Waals surface area (Å²) in [4.78, 5) is 24.1. The molecular formula is C14H14ClNO4. The lowest BCUT2D eigenvalue weighted by molar-refractivity contribution is 0.0524. The molecule has 1 N–H and O–H groups in total. The van der Waals surface area contributed by atoms with Crippen molar-refractivity contribution < 1.29 is 14.6 Å². The first-order valence-corrected chi connectivity index (χ1v) is 6.60. The summed E-state index contributed by atoms with van der Waals surface area (Å²) in [5.74, 6) is -0.865. The summed E-state index contributed by atoms with van der Waals surface area (Å²) < 4.78 is 6.59. The van der Waals surface area contributed by atoms with Gasteiger partial charge in [-0.2, -0.15) is 0 Å². The van der Waals surface area contributed by atoms with Crippen LogP contribution in [0.4, 0.5) is 0 Å². The number of rotatable bonds is 3. The maximum Gasteiger partial charge on any atom is 0.343 e. The molecule has 0 amide bonds. The molecule has 20 heavy (non-hydrogen) atoms. The maximum absolute atomic E-state index is 12.3.